The van der Waals surface area contributed by atoms with Gasteiger partial charge in [0.25, 0.3) is 0 Å². The molecule has 3 heterocycles. The van der Waals surface area contributed by atoms with Crippen molar-refractivity contribution < 1.29 is 27.4 Å². The minimum Gasteiger partial charge on any atom is -0.370 e. The third-order valence-corrected chi connectivity index (χ3v) is 4.34. The van der Waals surface area contributed by atoms with E-state index >= 15 is 0 Å². The molecule has 0 aliphatic carbocycles. The Morgan fingerprint density at radius 1 is 1.40 bits per heavy atom. The zero-order valence-electron chi connectivity index (χ0n) is 13.6. The van der Waals surface area contributed by atoms with E-state index in [1.54, 1.807) is 12.4 Å². The Hall–Kier alpha value is -1.71. The Balaban J connectivity index is 1.55. The first-order valence-corrected chi connectivity index (χ1v) is 8.07. The number of hydrogen-bond acceptors (Lipinski definition) is 5. The number of ether oxygens (including phenoxy) is 2. The van der Waals surface area contributed by atoms with E-state index in [4.69, 9.17) is 9.47 Å². The summed E-state index contributed by atoms with van der Waals surface area (Å²) in [4.78, 5) is 18.1. The van der Waals surface area contributed by atoms with E-state index in [1.807, 2.05) is 17.4 Å². The second kappa shape index (κ2) is 7.27. The van der Waals surface area contributed by atoms with Crippen molar-refractivity contribution in [2.45, 2.75) is 30.8 Å². The summed E-state index contributed by atoms with van der Waals surface area (Å²) in [5, 5.41) is 1.87. The Bertz CT molecular complexity index is 599. The van der Waals surface area contributed by atoms with Gasteiger partial charge in [0, 0.05) is 38.4 Å². The van der Waals surface area contributed by atoms with E-state index < -0.39 is 30.3 Å². The van der Waals surface area contributed by atoms with E-state index in [2.05, 4.69) is 9.88 Å². The van der Waals surface area contributed by atoms with Crippen LogP contribution in [-0.4, -0.2) is 66.5 Å². The summed E-state index contributed by atoms with van der Waals surface area (Å²) in [6.45, 7) is 1.37. The molecular formula is C16H20F3N3O3. The summed E-state index contributed by atoms with van der Waals surface area (Å²) in [6, 6.07) is 3.86. The van der Waals surface area contributed by atoms with E-state index in [-0.39, 0.29) is 13.0 Å². The molecule has 2 saturated heterocycles. The average molecular weight is 359 g/mol. The molecule has 0 saturated carbocycles. The normalized spacial score (nSPS) is 27.6. The van der Waals surface area contributed by atoms with Crippen LogP contribution in [0.2, 0.25) is 0 Å². The van der Waals surface area contributed by atoms with Crippen LogP contribution >= 0.6 is 0 Å². The lowest BCUT2D eigenvalue weighted by molar-refractivity contribution is -0.143. The third-order valence-electron chi connectivity index (χ3n) is 4.34. The topological polar surface area (TPSA) is 63.7 Å². The van der Waals surface area contributed by atoms with Crippen LogP contribution in [0, 0.1) is 0 Å². The van der Waals surface area contributed by atoms with Gasteiger partial charge in [-0.05, 0) is 17.7 Å². The number of amides is 1. The second-order valence-electron chi connectivity index (χ2n) is 6.43. The van der Waals surface area contributed by atoms with Crippen molar-refractivity contribution in [3.8, 4) is 0 Å². The maximum Gasteiger partial charge on any atom is 0.405 e. The van der Waals surface area contributed by atoms with Gasteiger partial charge in [-0.2, -0.15) is 13.2 Å². The molecule has 1 aromatic rings. The smallest absolute Gasteiger partial charge is 0.370 e. The van der Waals surface area contributed by atoms with Gasteiger partial charge in [0.2, 0.25) is 5.91 Å². The fourth-order valence-corrected chi connectivity index (χ4v) is 3.19. The van der Waals surface area contributed by atoms with E-state index in [1.165, 1.54) is 0 Å². The molecule has 1 amide bonds. The van der Waals surface area contributed by atoms with Gasteiger partial charge in [-0.15, -0.1) is 0 Å². The number of nitrogens with one attached hydrogen (secondary N) is 1. The van der Waals surface area contributed by atoms with Crippen molar-refractivity contribution >= 4 is 5.91 Å². The SMILES string of the molecule is O=C(NCC(F)(F)F)C1CC2(CO1)CN(Cc1ccncc1)CCO2. The maximum absolute atomic E-state index is 12.2. The number of halogens is 3. The van der Waals surface area contributed by atoms with Crippen LogP contribution in [0.4, 0.5) is 13.2 Å². The molecule has 2 atom stereocenters. The van der Waals surface area contributed by atoms with Crippen LogP contribution in [0.5, 0.6) is 0 Å². The molecule has 1 N–H and O–H groups in total. The van der Waals surface area contributed by atoms with Gasteiger partial charge in [-0.1, -0.05) is 0 Å². The summed E-state index contributed by atoms with van der Waals surface area (Å²) in [6.07, 6.45) is -1.64. The second-order valence-corrected chi connectivity index (χ2v) is 6.43. The number of aromatic nitrogens is 1. The van der Waals surface area contributed by atoms with Crippen molar-refractivity contribution in [2.75, 3.05) is 32.8 Å². The molecule has 2 aliphatic heterocycles. The van der Waals surface area contributed by atoms with Gasteiger partial charge in [-0.3, -0.25) is 14.7 Å². The average Bonchev–Trinajstić information content (AvgIpc) is 2.96. The van der Waals surface area contributed by atoms with E-state index in [9.17, 15) is 18.0 Å². The summed E-state index contributed by atoms with van der Waals surface area (Å²) < 4.78 is 47.9. The highest BCUT2D eigenvalue weighted by molar-refractivity contribution is 5.81. The van der Waals surface area contributed by atoms with Crippen LogP contribution in [0.3, 0.4) is 0 Å². The van der Waals surface area contributed by atoms with Gasteiger partial charge < -0.3 is 14.8 Å². The monoisotopic (exact) mass is 359 g/mol. The quantitative estimate of drug-likeness (QED) is 0.873. The molecular weight excluding hydrogens is 339 g/mol. The highest BCUT2D eigenvalue weighted by atomic mass is 19.4. The van der Waals surface area contributed by atoms with Crippen molar-refractivity contribution in [1.82, 2.24) is 15.2 Å². The predicted octanol–water partition coefficient (Wildman–Crippen LogP) is 1.12. The number of alkyl halides is 3. The number of morpholine rings is 1. The number of rotatable bonds is 4. The van der Waals surface area contributed by atoms with Crippen LogP contribution in [0.1, 0.15) is 12.0 Å². The largest absolute Gasteiger partial charge is 0.405 e. The molecule has 138 valence electrons. The number of pyridine rings is 1. The molecule has 2 fully saturated rings. The molecule has 1 aromatic heterocycles. The fraction of sp³-hybridized carbons (Fsp3) is 0.625. The first-order chi connectivity index (χ1) is 11.9. The lowest BCUT2D eigenvalue weighted by Crippen LogP contribution is -2.52. The van der Waals surface area contributed by atoms with Crippen molar-refractivity contribution in [2.24, 2.45) is 0 Å². The molecule has 2 aliphatic rings. The van der Waals surface area contributed by atoms with Gasteiger partial charge in [-0.25, -0.2) is 0 Å². The number of hydrogen-bond donors (Lipinski definition) is 1. The van der Waals surface area contributed by atoms with Crippen LogP contribution in [0.15, 0.2) is 24.5 Å². The van der Waals surface area contributed by atoms with Crippen molar-refractivity contribution in [3.05, 3.63) is 30.1 Å². The minimum atomic E-state index is -4.44. The molecule has 0 aromatic carbocycles. The van der Waals surface area contributed by atoms with Gasteiger partial charge in [0.1, 0.15) is 18.2 Å². The Morgan fingerprint density at radius 3 is 2.88 bits per heavy atom. The van der Waals surface area contributed by atoms with Gasteiger partial charge in [0.15, 0.2) is 0 Å². The van der Waals surface area contributed by atoms with E-state index in [0.29, 0.717) is 13.2 Å². The molecule has 1 spiro atoms. The summed E-state index contributed by atoms with van der Waals surface area (Å²) in [7, 11) is 0. The molecule has 0 bridgehead atoms. The maximum atomic E-state index is 12.2. The molecule has 3 rings (SSSR count). The van der Waals surface area contributed by atoms with Gasteiger partial charge >= 0.3 is 6.18 Å². The molecule has 25 heavy (non-hydrogen) atoms. The molecule has 6 nitrogen and oxygen atoms in total. The summed E-state index contributed by atoms with van der Waals surface area (Å²) in [5.41, 5.74) is 0.469. The molecule has 9 heteroatoms. The first kappa shape index (κ1) is 18.1. The zero-order valence-corrected chi connectivity index (χ0v) is 13.6. The Labute approximate surface area is 143 Å². The molecule has 2 unspecified atom stereocenters. The van der Waals surface area contributed by atoms with Crippen LogP contribution in [0.25, 0.3) is 0 Å². The van der Waals surface area contributed by atoms with Crippen molar-refractivity contribution in [3.63, 3.8) is 0 Å². The van der Waals surface area contributed by atoms with E-state index in [0.717, 1.165) is 18.7 Å². The fourth-order valence-electron chi connectivity index (χ4n) is 3.19. The zero-order chi connectivity index (χ0) is 17.9. The number of carbonyl (C=O) groups is 1. The lowest BCUT2D eigenvalue weighted by Gasteiger charge is -2.39. The Kier molecular flexibility index (Phi) is 5.26. The minimum absolute atomic E-state index is 0.198. The summed E-state index contributed by atoms with van der Waals surface area (Å²) in [5.74, 6) is -0.746. The number of carbonyl (C=O) groups excluding carboxylic acids is 1. The number of nitrogens with zero attached hydrogens (tertiary/aromatic N) is 2. The molecule has 0 radical (unpaired) electrons. The van der Waals surface area contributed by atoms with Crippen LogP contribution in [-0.2, 0) is 20.8 Å². The van der Waals surface area contributed by atoms with Gasteiger partial charge in [0.05, 0.1) is 13.2 Å². The Morgan fingerprint density at radius 2 is 2.16 bits per heavy atom. The highest BCUT2D eigenvalue weighted by Crippen LogP contribution is 2.32. The highest BCUT2D eigenvalue weighted by Gasteiger charge is 2.47. The standard InChI is InChI=1S/C16H20F3N3O3/c17-16(18,19)9-21-14(23)13-7-15(11-24-13)10-22(5-6-25-15)8-12-1-3-20-4-2-12/h1-4,13H,5-11H2,(H,21,23). The van der Waals surface area contributed by atoms with Crippen LogP contribution < -0.4 is 5.32 Å². The summed E-state index contributed by atoms with van der Waals surface area (Å²) >= 11 is 0. The van der Waals surface area contributed by atoms with Crippen molar-refractivity contribution in [1.29, 1.82) is 0 Å². The lowest BCUT2D eigenvalue weighted by atomic mass is 9.97. The third kappa shape index (κ3) is 4.90. The predicted molar refractivity (Wildman–Crippen MR) is 81.6 cm³/mol. The first-order valence-electron chi connectivity index (χ1n) is 8.07.